The Labute approximate surface area is 90.1 Å². The molecule has 0 rings (SSSR count). The van der Waals surface area contributed by atoms with Crippen molar-refractivity contribution in [3.63, 3.8) is 0 Å². The number of carbonyl (C=O) groups excluding carboxylic acids is 1. The van der Waals surface area contributed by atoms with Crippen molar-refractivity contribution in [2.75, 3.05) is 27.7 Å². The zero-order valence-corrected chi connectivity index (χ0v) is 11.2. The van der Waals surface area contributed by atoms with Crippen LogP contribution in [0.5, 0.6) is 0 Å². The molecule has 0 fully saturated rings. The summed E-state index contributed by atoms with van der Waals surface area (Å²) in [7, 11) is 5.33. The second kappa shape index (κ2) is 14.8. The van der Waals surface area contributed by atoms with Crippen molar-refractivity contribution in [3.8, 4) is 0 Å². The zero-order chi connectivity index (χ0) is 12.1. The zero-order valence-electron chi connectivity index (χ0n) is 11.2. The Balaban J connectivity index is -0.000000266. The molecule has 0 aromatic heterocycles. The van der Waals surface area contributed by atoms with Crippen molar-refractivity contribution in [1.29, 1.82) is 0 Å². The normalized spacial score (nSPS) is 7.43. The molecule has 3 heteroatoms. The Morgan fingerprint density at radius 2 is 1.36 bits per heavy atom. The first-order chi connectivity index (χ1) is 6.59. The van der Waals surface area contributed by atoms with E-state index in [0.29, 0.717) is 0 Å². The van der Waals surface area contributed by atoms with Gasteiger partial charge in [0, 0.05) is 27.7 Å². The molecule has 0 aromatic carbocycles. The molecular formula is C11H28N2O. The van der Waals surface area contributed by atoms with Gasteiger partial charge in [0.2, 0.25) is 0 Å². The third kappa shape index (κ3) is 11.3. The number of hydrogen-bond acceptors (Lipinski definition) is 1. The number of nitrogens with zero attached hydrogens (tertiary/aromatic N) is 2. The Hall–Kier alpha value is -0.730. The monoisotopic (exact) mass is 204 g/mol. The van der Waals surface area contributed by atoms with Crippen molar-refractivity contribution in [1.82, 2.24) is 9.80 Å². The van der Waals surface area contributed by atoms with Gasteiger partial charge in [0.25, 0.3) is 0 Å². The van der Waals surface area contributed by atoms with E-state index in [1.54, 1.807) is 23.9 Å². The summed E-state index contributed by atoms with van der Waals surface area (Å²) in [4.78, 5) is 14.4. The van der Waals surface area contributed by atoms with E-state index in [2.05, 4.69) is 6.92 Å². The van der Waals surface area contributed by atoms with Gasteiger partial charge < -0.3 is 9.80 Å². The largest absolute Gasteiger partial charge is 0.331 e. The fourth-order valence-corrected chi connectivity index (χ4v) is 0.772. The second-order valence-corrected chi connectivity index (χ2v) is 2.60. The van der Waals surface area contributed by atoms with E-state index in [1.807, 2.05) is 34.7 Å². The molecule has 0 saturated carbocycles. The van der Waals surface area contributed by atoms with E-state index in [9.17, 15) is 4.79 Å². The fraction of sp³-hybridized carbons (Fsp3) is 0.909. The summed E-state index contributed by atoms with van der Waals surface area (Å²) in [6.07, 6.45) is 1.01. The van der Waals surface area contributed by atoms with Crippen LogP contribution in [0.2, 0.25) is 0 Å². The number of carbonyl (C=O) groups is 1. The first-order valence-electron chi connectivity index (χ1n) is 5.52. The summed E-state index contributed by atoms with van der Waals surface area (Å²) in [6.45, 7) is 10.9. The van der Waals surface area contributed by atoms with Gasteiger partial charge in [-0.1, -0.05) is 34.6 Å². The van der Waals surface area contributed by atoms with Crippen LogP contribution in [-0.4, -0.2) is 43.5 Å². The van der Waals surface area contributed by atoms with Crippen LogP contribution < -0.4 is 0 Å². The summed E-state index contributed by atoms with van der Waals surface area (Å²) in [6, 6.07) is 0.0712. The predicted octanol–water partition coefficient (Wildman–Crippen LogP) is 3.06. The topological polar surface area (TPSA) is 23.6 Å². The SMILES string of the molecule is CC.CC.CCCN(C)C(=O)N(C)C. The average Bonchev–Trinajstić information content (AvgIpc) is 2.23. The molecule has 0 radical (unpaired) electrons. The first kappa shape index (κ1) is 18.9. The third-order valence-corrected chi connectivity index (χ3v) is 1.27. The third-order valence-electron chi connectivity index (χ3n) is 1.27. The van der Waals surface area contributed by atoms with Crippen LogP contribution in [0.4, 0.5) is 4.79 Å². The quantitative estimate of drug-likeness (QED) is 0.678. The van der Waals surface area contributed by atoms with Crippen LogP contribution in [0.1, 0.15) is 41.0 Å². The molecule has 3 nitrogen and oxygen atoms in total. The highest BCUT2D eigenvalue weighted by Crippen LogP contribution is 1.91. The Morgan fingerprint density at radius 3 is 1.57 bits per heavy atom. The highest BCUT2D eigenvalue weighted by atomic mass is 16.2. The van der Waals surface area contributed by atoms with Gasteiger partial charge in [0.05, 0.1) is 0 Å². The minimum Gasteiger partial charge on any atom is -0.331 e. The van der Waals surface area contributed by atoms with E-state index in [0.717, 1.165) is 13.0 Å². The molecule has 0 aliphatic rings. The van der Waals surface area contributed by atoms with Crippen LogP contribution in [0.25, 0.3) is 0 Å². The van der Waals surface area contributed by atoms with Crippen LogP contribution in [0.3, 0.4) is 0 Å². The van der Waals surface area contributed by atoms with Crippen LogP contribution in [-0.2, 0) is 0 Å². The number of amides is 2. The lowest BCUT2D eigenvalue weighted by Crippen LogP contribution is -2.36. The average molecular weight is 204 g/mol. The van der Waals surface area contributed by atoms with Crippen molar-refractivity contribution >= 4 is 6.03 Å². The lowest BCUT2D eigenvalue weighted by molar-refractivity contribution is 0.182. The molecule has 0 aliphatic carbocycles. The van der Waals surface area contributed by atoms with Gasteiger partial charge in [-0.2, -0.15) is 0 Å². The molecule has 0 N–H and O–H groups in total. The standard InChI is InChI=1S/C7H16N2O.2C2H6/c1-5-6-9(4)7(10)8(2)3;2*1-2/h5-6H2,1-4H3;2*1-2H3. The maximum Gasteiger partial charge on any atom is 0.319 e. The molecule has 88 valence electrons. The molecule has 0 saturated heterocycles. The minimum atomic E-state index is 0.0712. The van der Waals surface area contributed by atoms with Gasteiger partial charge in [-0.05, 0) is 6.42 Å². The molecule has 14 heavy (non-hydrogen) atoms. The van der Waals surface area contributed by atoms with Crippen LogP contribution in [0, 0.1) is 0 Å². The molecular weight excluding hydrogens is 176 g/mol. The number of hydrogen-bond donors (Lipinski definition) is 0. The molecule has 0 aliphatic heterocycles. The molecule has 0 unspecified atom stereocenters. The molecule has 0 heterocycles. The van der Waals surface area contributed by atoms with Gasteiger partial charge in [-0.15, -0.1) is 0 Å². The predicted molar refractivity (Wildman–Crippen MR) is 64.7 cm³/mol. The first-order valence-corrected chi connectivity index (χ1v) is 5.52. The Bertz CT molecular complexity index is 114. The Morgan fingerprint density at radius 1 is 1.00 bits per heavy atom. The molecule has 2 amide bonds. The second-order valence-electron chi connectivity index (χ2n) is 2.60. The summed E-state index contributed by atoms with van der Waals surface area (Å²) < 4.78 is 0. The van der Waals surface area contributed by atoms with Crippen molar-refractivity contribution in [2.24, 2.45) is 0 Å². The van der Waals surface area contributed by atoms with Gasteiger partial charge in [-0.3, -0.25) is 0 Å². The van der Waals surface area contributed by atoms with E-state index < -0.39 is 0 Å². The minimum absolute atomic E-state index is 0.0712. The van der Waals surface area contributed by atoms with E-state index in [4.69, 9.17) is 0 Å². The Kier molecular flexibility index (Phi) is 20.0. The fourth-order valence-electron chi connectivity index (χ4n) is 0.772. The molecule has 0 atom stereocenters. The summed E-state index contributed by atoms with van der Waals surface area (Å²) >= 11 is 0. The maximum atomic E-state index is 11.1. The van der Waals surface area contributed by atoms with Gasteiger partial charge in [0.15, 0.2) is 0 Å². The lowest BCUT2D eigenvalue weighted by Gasteiger charge is -2.20. The van der Waals surface area contributed by atoms with Crippen molar-refractivity contribution in [2.45, 2.75) is 41.0 Å². The lowest BCUT2D eigenvalue weighted by atomic mass is 10.4. The van der Waals surface area contributed by atoms with E-state index >= 15 is 0 Å². The molecule has 0 bridgehead atoms. The summed E-state index contributed by atoms with van der Waals surface area (Å²) in [5, 5.41) is 0. The van der Waals surface area contributed by atoms with Gasteiger partial charge >= 0.3 is 6.03 Å². The van der Waals surface area contributed by atoms with Gasteiger partial charge in [0.1, 0.15) is 0 Å². The number of urea groups is 1. The molecule has 0 aromatic rings. The highest BCUT2D eigenvalue weighted by Gasteiger charge is 2.07. The van der Waals surface area contributed by atoms with Crippen molar-refractivity contribution < 1.29 is 4.79 Å². The smallest absolute Gasteiger partial charge is 0.319 e. The van der Waals surface area contributed by atoms with Crippen LogP contribution in [0.15, 0.2) is 0 Å². The highest BCUT2D eigenvalue weighted by molar-refractivity contribution is 5.73. The van der Waals surface area contributed by atoms with Crippen LogP contribution >= 0.6 is 0 Å². The summed E-state index contributed by atoms with van der Waals surface area (Å²) in [5.41, 5.74) is 0. The maximum absolute atomic E-state index is 11.1. The summed E-state index contributed by atoms with van der Waals surface area (Å²) in [5.74, 6) is 0. The van der Waals surface area contributed by atoms with Gasteiger partial charge in [-0.25, -0.2) is 4.79 Å². The van der Waals surface area contributed by atoms with E-state index in [-0.39, 0.29) is 6.03 Å². The van der Waals surface area contributed by atoms with Crippen molar-refractivity contribution in [3.05, 3.63) is 0 Å². The molecule has 0 spiro atoms. The number of rotatable bonds is 2. The van der Waals surface area contributed by atoms with E-state index in [1.165, 1.54) is 0 Å².